The van der Waals surface area contributed by atoms with Crippen molar-refractivity contribution in [3.63, 3.8) is 0 Å². The van der Waals surface area contributed by atoms with E-state index in [1.54, 1.807) is 6.07 Å². The zero-order valence-electron chi connectivity index (χ0n) is 15.4. The van der Waals surface area contributed by atoms with Crippen LogP contribution in [0.25, 0.3) is 0 Å². The molecule has 0 aromatic heterocycles. The van der Waals surface area contributed by atoms with Crippen molar-refractivity contribution >= 4 is 40.7 Å². The van der Waals surface area contributed by atoms with Crippen molar-refractivity contribution in [2.45, 2.75) is 20.4 Å². The molecule has 7 heteroatoms. The smallest absolute Gasteiger partial charge is 0.253 e. The van der Waals surface area contributed by atoms with E-state index < -0.39 is 5.91 Å². The van der Waals surface area contributed by atoms with Crippen LogP contribution in [-0.2, 0) is 11.3 Å². The molecule has 2 aromatic rings. The molecule has 0 atom stereocenters. The summed E-state index contributed by atoms with van der Waals surface area (Å²) in [5.74, 6) is -0.740. The van der Waals surface area contributed by atoms with Gasteiger partial charge in [-0.3, -0.25) is 14.5 Å². The average molecular weight is 408 g/mol. The molecule has 0 radical (unpaired) electrons. The van der Waals surface area contributed by atoms with Crippen molar-refractivity contribution in [2.24, 2.45) is 0 Å². The molecule has 2 rings (SSSR count). The first-order valence-corrected chi connectivity index (χ1v) is 9.53. The van der Waals surface area contributed by atoms with Crippen molar-refractivity contribution in [1.29, 1.82) is 0 Å². The van der Waals surface area contributed by atoms with Gasteiger partial charge in [0.25, 0.3) is 5.91 Å². The number of hydrogen-bond acceptors (Lipinski definition) is 3. The van der Waals surface area contributed by atoms with Gasteiger partial charge in [0.15, 0.2) is 0 Å². The van der Waals surface area contributed by atoms with Gasteiger partial charge in [-0.25, -0.2) is 0 Å². The summed E-state index contributed by atoms with van der Waals surface area (Å²) in [6.07, 6.45) is 0. The average Bonchev–Trinajstić information content (AvgIpc) is 2.64. The van der Waals surface area contributed by atoms with E-state index >= 15 is 0 Å². The third-order valence-corrected chi connectivity index (χ3v) is 4.64. The zero-order chi connectivity index (χ0) is 19.8. The third kappa shape index (κ3) is 6.54. The largest absolute Gasteiger partial charge is 0.343 e. The van der Waals surface area contributed by atoms with Crippen LogP contribution in [0.2, 0.25) is 10.0 Å². The Labute approximate surface area is 169 Å². The quantitative estimate of drug-likeness (QED) is 0.688. The van der Waals surface area contributed by atoms with E-state index in [0.717, 1.165) is 25.2 Å². The maximum absolute atomic E-state index is 12.2. The fourth-order valence-corrected chi connectivity index (χ4v) is 3.08. The number of anilines is 1. The van der Waals surface area contributed by atoms with Crippen LogP contribution < -0.4 is 10.6 Å². The molecule has 144 valence electrons. The number of benzene rings is 2. The summed E-state index contributed by atoms with van der Waals surface area (Å²) >= 11 is 11.8. The maximum Gasteiger partial charge on any atom is 0.253 e. The van der Waals surface area contributed by atoms with Crippen LogP contribution in [-0.4, -0.2) is 36.3 Å². The van der Waals surface area contributed by atoms with Crippen molar-refractivity contribution in [3.8, 4) is 0 Å². The van der Waals surface area contributed by atoms with E-state index in [0.29, 0.717) is 10.7 Å². The van der Waals surface area contributed by atoms with Crippen LogP contribution in [0.5, 0.6) is 0 Å². The van der Waals surface area contributed by atoms with E-state index in [9.17, 15) is 9.59 Å². The van der Waals surface area contributed by atoms with E-state index in [1.165, 1.54) is 12.1 Å². The number of carbonyl (C=O) groups excluding carboxylic acids is 2. The summed E-state index contributed by atoms with van der Waals surface area (Å²) in [4.78, 5) is 26.6. The van der Waals surface area contributed by atoms with Gasteiger partial charge in [0.1, 0.15) is 0 Å². The number of rotatable bonds is 8. The molecule has 27 heavy (non-hydrogen) atoms. The summed E-state index contributed by atoms with van der Waals surface area (Å²) in [5, 5.41) is 6.04. The Bertz CT molecular complexity index is 808. The predicted octanol–water partition coefficient (Wildman–Crippen LogP) is 4.20. The second-order valence-electron chi connectivity index (χ2n) is 6.02. The molecule has 2 aromatic carbocycles. The van der Waals surface area contributed by atoms with Crippen LogP contribution in [0.4, 0.5) is 5.69 Å². The molecule has 0 aliphatic carbocycles. The van der Waals surface area contributed by atoms with Crippen molar-refractivity contribution < 1.29 is 9.59 Å². The lowest BCUT2D eigenvalue weighted by Crippen LogP contribution is -2.33. The summed E-state index contributed by atoms with van der Waals surface area (Å²) in [6, 6.07) is 12.3. The molecule has 0 fully saturated rings. The Balaban J connectivity index is 1.91. The van der Waals surface area contributed by atoms with Gasteiger partial charge in [-0.05, 0) is 49.0 Å². The molecule has 0 unspecified atom stereocenters. The second-order valence-corrected chi connectivity index (χ2v) is 6.86. The lowest BCUT2D eigenvalue weighted by atomic mass is 10.2. The van der Waals surface area contributed by atoms with Crippen LogP contribution in [0.3, 0.4) is 0 Å². The molecular weight excluding hydrogens is 385 g/mol. The minimum Gasteiger partial charge on any atom is -0.343 e. The summed E-state index contributed by atoms with van der Waals surface area (Å²) in [5.41, 5.74) is 2.09. The molecule has 0 heterocycles. The normalized spacial score (nSPS) is 10.7. The SMILES string of the molecule is CCN(CC)Cc1cccc(NC(=O)CNC(=O)c2ccc(Cl)cc2Cl)c1. The molecule has 0 aliphatic rings. The van der Waals surface area contributed by atoms with Gasteiger partial charge in [0.05, 0.1) is 17.1 Å². The molecule has 2 N–H and O–H groups in total. The predicted molar refractivity (Wildman–Crippen MR) is 110 cm³/mol. The maximum atomic E-state index is 12.2. The van der Waals surface area contributed by atoms with Gasteiger partial charge in [-0.2, -0.15) is 0 Å². The lowest BCUT2D eigenvalue weighted by Gasteiger charge is -2.18. The first-order valence-electron chi connectivity index (χ1n) is 8.77. The highest BCUT2D eigenvalue weighted by Gasteiger charge is 2.12. The molecule has 5 nitrogen and oxygen atoms in total. The Morgan fingerprint density at radius 2 is 1.78 bits per heavy atom. The van der Waals surface area contributed by atoms with Gasteiger partial charge in [0.2, 0.25) is 5.91 Å². The second kappa shape index (κ2) is 10.3. The van der Waals surface area contributed by atoms with Gasteiger partial charge in [-0.15, -0.1) is 0 Å². The summed E-state index contributed by atoms with van der Waals surface area (Å²) < 4.78 is 0. The monoisotopic (exact) mass is 407 g/mol. The molecule has 2 amide bonds. The standard InChI is InChI=1S/C20H23Cl2N3O2/c1-3-25(4-2)13-14-6-5-7-16(10-14)24-19(26)12-23-20(27)17-9-8-15(21)11-18(17)22/h5-11H,3-4,12-13H2,1-2H3,(H,23,27)(H,24,26). The van der Waals surface area contributed by atoms with Crippen molar-refractivity contribution in [1.82, 2.24) is 10.2 Å². The first kappa shape index (κ1) is 21.2. The number of amides is 2. The number of halogens is 2. The number of nitrogens with zero attached hydrogens (tertiary/aromatic N) is 1. The zero-order valence-corrected chi connectivity index (χ0v) is 16.9. The molecule has 0 spiro atoms. The van der Waals surface area contributed by atoms with Crippen LogP contribution in [0.15, 0.2) is 42.5 Å². The van der Waals surface area contributed by atoms with E-state index in [2.05, 4.69) is 29.4 Å². The Morgan fingerprint density at radius 3 is 2.44 bits per heavy atom. The Hall–Kier alpha value is -2.08. The van der Waals surface area contributed by atoms with Crippen molar-refractivity contribution in [2.75, 3.05) is 25.0 Å². The van der Waals surface area contributed by atoms with Crippen LogP contribution in [0.1, 0.15) is 29.8 Å². The Kier molecular flexibility index (Phi) is 8.10. The van der Waals surface area contributed by atoms with Gasteiger partial charge >= 0.3 is 0 Å². The van der Waals surface area contributed by atoms with E-state index in [-0.39, 0.29) is 23.0 Å². The van der Waals surface area contributed by atoms with Crippen LogP contribution >= 0.6 is 23.2 Å². The van der Waals surface area contributed by atoms with E-state index in [4.69, 9.17) is 23.2 Å². The highest BCUT2D eigenvalue weighted by molar-refractivity contribution is 6.36. The fourth-order valence-electron chi connectivity index (χ4n) is 2.59. The van der Waals surface area contributed by atoms with Crippen LogP contribution in [0, 0.1) is 0 Å². The summed E-state index contributed by atoms with van der Waals surface area (Å²) in [6.45, 7) is 6.83. The van der Waals surface area contributed by atoms with Gasteiger partial charge in [0, 0.05) is 17.3 Å². The highest BCUT2D eigenvalue weighted by Crippen LogP contribution is 2.20. The van der Waals surface area contributed by atoms with E-state index in [1.807, 2.05) is 24.3 Å². The van der Waals surface area contributed by atoms with Gasteiger partial charge < -0.3 is 10.6 Å². The molecular formula is C20H23Cl2N3O2. The molecule has 0 aliphatic heterocycles. The van der Waals surface area contributed by atoms with Gasteiger partial charge in [-0.1, -0.05) is 49.2 Å². The van der Waals surface area contributed by atoms with Crippen molar-refractivity contribution in [3.05, 3.63) is 63.6 Å². The Morgan fingerprint density at radius 1 is 1.04 bits per heavy atom. The topological polar surface area (TPSA) is 61.4 Å². The minimum absolute atomic E-state index is 0.155. The molecule has 0 saturated carbocycles. The number of hydrogen-bond donors (Lipinski definition) is 2. The summed E-state index contributed by atoms with van der Waals surface area (Å²) in [7, 11) is 0. The fraction of sp³-hybridized carbons (Fsp3) is 0.300. The molecule has 0 bridgehead atoms. The highest BCUT2D eigenvalue weighted by atomic mass is 35.5. The lowest BCUT2D eigenvalue weighted by molar-refractivity contribution is -0.115. The third-order valence-electron chi connectivity index (χ3n) is 4.10. The minimum atomic E-state index is -0.429. The molecule has 0 saturated heterocycles. The number of nitrogens with one attached hydrogen (secondary N) is 2. The number of carbonyl (C=O) groups is 2. The first-order chi connectivity index (χ1) is 12.9.